The molecule has 0 aliphatic carbocycles. The molecule has 154 valence electrons. The van der Waals surface area contributed by atoms with E-state index in [1.54, 1.807) is 7.11 Å². The lowest BCUT2D eigenvalue weighted by Gasteiger charge is -2.34. The third-order valence-corrected chi connectivity index (χ3v) is 6.47. The molecule has 2 heterocycles. The van der Waals surface area contributed by atoms with Gasteiger partial charge < -0.3 is 15.0 Å². The summed E-state index contributed by atoms with van der Waals surface area (Å²) in [7, 11) is 1.71. The van der Waals surface area contributed by atoms with E-state index in [1.807, 2.05) is 17.0 Å². The van der Waals surface area contributed by atoms with Gasteiger partial charge in [0.05, 0.1) is 6.10 Å². The lowest BCUT2D eigenvalue weighted by Crippen LogP contribution is -2.46. The SMILES string of the molecule is CO[C@@H]1CCCN(C(=O)CC[C@]2(Cc3ccc4ccccc4c3)CCC(=O)N2)C1. The zero-order valence-corrected chi connectivity index (χ0v) is 17.2. The molecule has 2 amide bonds. The first-order valence-electron chi connectivity index (χ1n) is 10.7. The van der Waals surface area contributed by atoms with Crippen LogP contribution in [0.1, 0.15) is 44.1 Å². The van der Waals surface area contributed by atoms with Gasteiger partial charge in [-0.1, -0.05) is 42.5 Å². The minimum Gasteiger partial charge on any atom is -0.380 e. The Balaban J connectivity index is 1.45. The summed E-state index contributed by atoms with van der Waals surface area (Å²) in [6, 6.07) is 14.8. The normalized spacial score (nSPS) is 24.7. The van der Waals surface area contributed by atoms with E-state index in [0.29, 0.717) is 25.8 Å². The van der Waals surface area contributed by atoms with E-state index in [0.717, 1.165) is 32.2 Å². The number of ether oxygens (including phenoxy) is 1. The van der Waals surface area contributed by atoms with Gasteiger partial charge in [-0.3, -0.25) is 9.59 Å². The van der Waals surface area contributed by atoms with Crippen molar-refractivity contribution in [2.45, 2.75) is 56.6 Å². The molecule has 1 N–H and O–H groups in total. The van der Waals surface area contributed by atoms with Crippen LogP contribution >= 0.6 is 0 Å². The molecule has 0 radical (unpaired) electrons. The number of hydrogen-bond donors (Lipinski definition) is 1. The molecule has 2 aliphatic heterocycles. The van der Waals surface area contributed by atoms with Crippen LogP contribution in [0.5, 0.6) is 0 Å². The molecule has 4 rings (SSSR count). The molecular weight excluding hydrogens is 364 g/mol. The fourth-order valence-corrected chi connectivity index (χ4v) is 4.78. The van der Waals surface area contributed by atoms with E-state index in [9.17, 15) is 9.59 Å². The van der Waals surface area contributed by atoms with Gasteiger partial charge in [-0.15, -0.1) is 0 Å². The molecule has 2 saturated heterocycles. The number of carbonyl (C=O) groups is 2. The van der Waals surface area contributed by atoms with Crippen LogP contribution < -0.4 is 5.32 Å². The van der Waals surface area contributed by atoms with Gasteiger partial charge in [-0.2, -0.15) is 0 Å². The Hall–Kier alpha value is -2.40. The monoisotopic (exact) mass is 394 g/mol. The smallest absolute Gasteiger partial charge is 0.222 e. The Labute approximate surface area is 172 Å². The highest BCUT2D eigenvalue weighted by Crippen LogP contribution is 2.31. The molecule has 2 atom stereocenters. The Morgan fingerprint density at radius 2 is 2.07 bits per heavy atom. The zero-order valence-electron chi connectivity index (χ0n) is 17.2. The molecule has 2 aromatic carbocycles. The largest absolute Gasteiger partial charge is 0.380 e. The first kappa shape index (κ1) is 19.9. The number of nitrogens with one attached hydrogen (secondary N) is 1. The number of hydrogen-bond acceptors (Lipinski definition) is 3. The van der Waals surface area contributed by atoms with E-state index in [2.05, 4.69) is 35.6 Å². The maximum atomic E-state index is 12.8. The maximum absolute atomic E-state index is 12.8. The summed E-state index contributed by atoms with van der Waals surface area (Å²) in [4.78, 5) is 26.8. The van der Waals surface area contributed by atoms with Gasteiger partial charge in [-0.25, -0.2) is 0 Å². The van der Waals surface area contributed by atoms with E-state index in [4.69, 9.17) is 4.74 Å². The minimum atomic E-state index is -0.328. The number of rotatable bonds is 6. The second-order valence-electron chi connectivity index (χ2n) is 8.53. The van der Waals surface area contributed by atoms with Crippen molar-refractivity contribution in [3.63, 3.8) is 0 Å². The summed E-state index contributed by atoms with van der Waals surface area (Å²) < 4.78 is 5.45. The van der Waals surface area contributed by atoms with Crippen molar-refractivity contribution in [2.24, 2.45) is 0 Å². The average molecular weight is 395 g/mol. The Bertz CT molecular complexity index is 897. The van der Waals surface area contributed by atoms with Crippen molar-refractivity contribution in [3.05, 3.63) is 48.0 Å². The van der Waals surface area contributed by atoms with Crippen molar-refractivity contribution < 1.29 is 14.3 Å². The number of amides is 2. The predicted molar refractivity (Wildman–Crippen MR) is 114 cm³/mol. The van der Waals surface area contributed by atoms with E-state index >= 15 is 0 Å². The number of carbonyl (C=O) groups excluding carboxylic acids is 2. The topological polar surface area (TPSA) is 58.6 Å². The Morgan fingerprint density at radius 3 is 2.83 bits per heavy atom. The van der Waals surface area contributed by atoms with Crippen molar-refractivity contribution in [1.29, 1.82) is 0 Å². The van der Waals surface area contributed by atoms with Crippen molar-refractivity contribution in [1.82, 2.24) is 10.2 Å². The number of fused-ring (bicyclic) bond motifs is 1. The molecule has 5 nitrogen and oxygen atoms in total. The molecule has 5 heteroatoms. The lowest BCUT2D eigenvalue weighted by atomic mass is 9.84. The van der Waals surface area contributed by atoms with E-state index < -0.39 is 0 Å². The number of benzene rings is 2. The Morgan fingerprint density at radius 1 is 1.24 bits per heavy atom. The van der Waals surface area contributed by atoms with Crippen molar-refractivity contribution in [3.8, 4) is 0 Å². The van der Waals surface area contributed by atoms with Gasteiger partial charge in [0.1, 0.15) is 0 Å². The average Bonchev–Trinajstić information content (AvgIpc) is 3.12. The van der Waals surface area contributed by atoms with Crippen LogP contribution in [-0.2, 0) is 20.7 Å². The quantitative estimate of drug-likeness (QED) is 0.816. The van der Waals surface area contributed by atoms with Crippen LogP contribution in [0.25, 0.3) is 10.8 Å². The maximum Gasteiger partial charge on any atom is 0.222 e. The molecule has 2 fully saturated rings. The van der Waals surface area contributed by atoms with Crippen LogP contribution in [0.4, 0.5) is 0 Å². The van der Waals surface area contributed by atoms with Gasteiger partial charge in [0.25, 0.3) is 0 Å². The Kier molecular flexibility index (Phi) is 5.86. The highest BCUT2D eigenvalue weighted by Gasteiger charge is 2.38. The third-order valence-electron chi connectivity index (χ3n) is 6.47. The zero-order chi connectivity index (χ0) is 20.3. The number of piperidine rings is 1. The van der Waals surface area contributed by atoms with Crippen LogP contribution in [0.3, 0.4) is 0 Å². The number of nitrogens with zero attached hydrogens (tertiary/aromatic N) is 1. The van der Waals surface area contributed by atoms with Crippen molar-refractivity contribution in [2.75, 3.05) is 20.2 Å². The second-order valence-corrected chi connectivity index (χ2v) is 8.53. The van der Waals surface area contributed by atoms with E-state index in [1.165, 1.54) is 16.3 Å². The van der Waals surface area contributed by atoms with Crippen LogP contribution in [0, 0.1) is 0 Å². The summed E-state index contributed by atoms with van der Waals surface area (Å²) in [6.45, 7) is 1.49. The molecule has 2 aliphatic rings. The molecular formula is C24H30N2O3. The second kappa shape index (κ2) is 8.54. The third kappa shape index (κ3) is 4.61. The van der Waals surface area contributed by atoms with Gasteiger partial charge in [0.15, 0.2) is 0 Å². The molecule has 0 unspecified atom stereocenters. The highest BCUT2D eigenvalue weighted by molar-refractivity contribution is 5.83. The summed E-state index contributed by atoms with van der Waals surface area (Å²) >= 11 is 0. The molecule has 0 aromatic heterocycles. The standard InChI is InChI=1S/C24H30N2O3/c1-29-21-7-4-14-26(17-21)23(28)11-13-24(12-10-22(27)25-24)16-18-8-9-19-5-2-3-6-20(19)15-18/h2-3,5-6,8-9,15,21H,4,7,10-14,16-17H2,1H3,(H,25,27)/t21-,24+/m1/s1. The summed E-state index contributed by atoms with van der Waals surface area (Å²) in [6.07, 6.45) is 5.38. The fraction of sp³-hybridized carbons (Fsp3) is 0.500. The molecule has 2 aromatic rings. The van der Waals surface area contributed by atoms with Crippen molar-refractivity contribution >= 4 is 22.6 Å². The fourth-order valence-electron chi connectivity index (χ4n) is 4.78. The summed E-state index contributed by atoms with van der Waals surface area (Å²) in [5, 5.41) is 5.63. The van der Waals surface area contributed by atoms with Crippen LogP contribution in [0.2, 0.25) is 0 Å². The van der Waals surface area contributed by atoms with Gasteiger partial charge >= 0.3 is 0 Å². The molecule has 0 saturated carbocycles. The van der Waals surface area contributed by atoms with Gasteiger partial charge in [0.2, 0.25) is 11.8 Å². The first-order chi connectivity index (χ1) is 14.1. The molecule has 29 heavy (non-hydrogen) atoms. The highest BCUT2D eigenvalue weighted by atomic mass is 16.5. The number of likely N-dealkylation sites (tertiary alicyclic amines) is 1. The predicted octanol–water partition coefficient (Wildman–Crippen LogP) is 3.45. The summed E-state index contributed by atoms with van der Waals surface area (Å²) in [5.41, 5.74) is 0.877. The minimum absolute atomic E-state index is 0.0932. The van der Waals surface area contributed by atoms with E-state index in [-0.39, 0.29) is 23.5 Å². The molecule has 0 bridgehead atoms. The van der Waals surface area contributed by atoms with Gasteiger partial charge in [-0.05, 0) is 48.4 Å². The van der Waals surface area contributed by atoms with Crippen LogP contribution in [-0.4, -0.2) is 48.6 Å². The summed E-state index contributed by atoms with van der Waals surface area (Å²) in [5.74, 6) is 0.265. The van der Waals surface area contributed by atoms with Gasteiger partial charge in [0, 0.05) is 38.6 Å². The number of methoxy groups -OCH3 is 1. The first-order valence-corrected chi connectivity index (χ1v) is 10.7. The lowest BCUT2D eigenvalue weighted by molar-refractivity contribution is -0.135. The molecule has 0 spiro atoms. The van der Waals surface area contributed by atoms with Crippen LogP contribution in [0.15, 0.2) is 42.5 Å².